The topological polar surface area (TPSA) is 80.1 Å². The Hall–Kier alpha value is -1.14. The minimum atomic E-state index is -0.649. The Kier molecular flexibility index (Phi) is 4.98. The van der Waals surface area contributed by atoms with E-state index < -0.39 is 17.0 Å². The smallest absolute Gasteiger partial charge is 0.361 e. The third-order valence-electron chi connectivity index (χ3n) is 1.14. The summed E-state index contributed by atoms with van der Waals surface area (Å²) in [6, 6.07) is 0. The second-order valence-electron chi connectivity index (χ2n) is 2.04. The molecule has 0 saturated heterocycles. The van der Waals surface area contributed by atoms with E-state index in [1.165, 1.54) is 14.2 Å². The normalized spacial score (nSPS) is 9.67. The molecular weight excluding hydrogens is 166 g/mol. The molecule has 0 fully saturated rings. The number of carbonyl (C=O) groups excluding carboxylic acids is 2. The van der Waals surface area contributed by atoms with Gasteiger partial charge in [0.25, 0.3) is 0 Å². The summed E-state index contributed by atoms with van der Waals surface area (Å²) >= 11 is 0. The summed E-state index contributed by atoms with van der Waals surface area (Å²) in [4.78, 5) is 21.0. The van der Waals surface area contributed by atoms with Crippen molar-refractivity contribution in [3.8, 4) is 0 Å². The molecule has 12 heavy (non-hydrogen) atoms. The Morgan fingerprint density at radius 1 is 1.17 bits per heavy atom. The van der Waals surface area contributed by atoms with Gasteiger partial charge in [-0.1, -0.05) is 0 Å². The second kappa shape index (κ2) is 5.50. The number of carbonyl (C=O) groups is 2. The molecule has 0 aliphatic carbocycles. The number of ether oxygens (including phenoxy) is 2. The zero-order chi connectivity index (χ0) is 9.56. The van der Waals surface area contributed by atoms with Gasteiger partial charge in [0.1, 0.15) is 0 Å². The van der Waals surface area contributed by atoms with Gasteiger partial charge in [0.2, 0.25) is 0 Å². The van der Waals surface area contributed by atoms with Gasteiger partial charge in [-0.05, 0) is 0 Å². The highest BCUT2D eigenvalue weighted by Gasteiger charge is 2.10. The summed E-state index contributed by atoms with van der Waals surface area (Å²) in [7, 11) is 2.35. The van der Waals surface area contributed by atoms with Gasteiger partial charge in [0.05, 0.1) is 14.2 Å². The second-order valence-corrected chi connectivity index (χ2v) is 2.04. The molecule has 0 aromatic heterocycles. The molecular formula is C6H11NO5. The highest BCUT2D eigenvalue weighted by atomic mass is 16.6. The Balaban J connectivity index is 3.66. The van der Waals surface area contributed by atoms with Gasteiger partial charge in [-0.25, -0.2) is 9.59 Å². The molecule has 1 N–H and O–H groups in total. The minimum Gasteiger partial charge on any atom is -0.633 e. The summed E-state index contributed by atoms with van der Waals surface area (Å²) in [6.45, 7) is -0.767. The molecule has 0 unspecified atom stereocenters. The number of hydrogen-bond acceptors (Lipinski definition) is 5. The summed E-state index contributed by atoms with van der Waals surface area (Å²) in [5, 5.41) is 10.3. The highest BCUT2D eigenvalue weighted by molar-refractivity contribution is 5.72. The number of rotatable bonds is 4. The Morgan fingerprint density at radius 3 is 1.75 bits per heavy atom. The van der Waals surface area contributed by atoms with Gasteiger partial charge in [-0.3, -0.25) is 0 Å². The van der Waals surface area contributed by atoms with Crippen molar-refractivity contribution in [2.45, 2.75) is 0 Å². The average molecular weight is 177 g/mol. The van der Waals surface area contributed by atoms with E-state index in [4.69, 9.17) is 0 Å². The number of hydrogen-bond donors (Lipinski definition) is 1. The van der Waals surface area contributed by atoms with Crippen molar-refractivity contribution < 1.29 is 24.1 Å². The lowest BCUT2D eigenvalue weighted by Gasteiger charge is -2.18. The molecule has 0 amide bonds. The van der Waals surface area contributed by atoms with E-state index in [9.17, 15) is 14.8 Å². The minimum absolute atomic E-state index is 0.383. The van der Waals surface area contributed by atoms with Crippen LogP contribution in [0.5, 0.6) is 0 Å². The first-order valence-corrected chi connectivity index (χ1v) is 3.25. The maximum atomic E-state index is 10.8. The van der Waals surface area contributed by atoms with Gasteiger partial charge in [-0.15, -0.1) is 0 Å². The van der Waals surface area contributed by atoms with E-state index in [1.54, 1.807) is 0 Å². The van der Waals surface area contributed by atoms with Gasteiger partial charge in [0.15, 0.2) is 13.1 Å². The lowest BCUT2D eigenvalue weighted by Crippen LogP contribution is -3.09. The van der Waals surface area contributed by atoms with Crippen LogP contribution in [0.4, 0.5) is 0 Å². The molecule has 6 nitrogen and oxygen atoms in total. The van der Waals surface area contributed by atoms with Crippen molar-refractivity contribution in [1.82, 2.24) is 0 Å². The van der Waals surface area contributed by atoms with Crippen LogP contribution in [-0.2, 0) is 19.1 Å². The van der Waals surface area contributed by atoms with Crippen molar-refractivity contribution in [3.05, 3.63) is 5.21 Å². The fourth-order valence-electron chi connectivity index (χ4n) is 0.529. The number of nitrogens with one attached hydrogen (secondary N) is 1. The summed E-state index contributed by atoms with van der Waals surface area (Å²) < 4.78 is 8.45. The van der Waals surface area contributed by atoms with Crippen molar-refractivity contribution in [2.24, 2.45) is 0 Å². The van der Waals surface area contributed by atoms with Crippen LogP contribution < -0.4 is 5.06 Å². The van der Waals surface area contributed by atoms with Gasteiger partial charge >= 0.3 is 11.9 Å². The molecule has 0 saturated carbocycles. The molecule has 0 rings (SSSR count). The fraction of sp³-hybridized carbons (Fsp3) is 0.667. The predicted molar refractivity (Wildman–Crippen MR) is 38.1 cm³/mol. The average Bonchev–Trinajstić information content (AvgIpc) is 2.03. The number of esters is 2. The first-order chi connectivity index (χ1) is 5.60. The lowest BCUT2D eigenvalue weighted by atomic mass is 10.5. The van der Waals surface area contributed by atoms with E-state index in [2.05, 4.69) is 9.47 Å². The maximum absolute atomic E-state index is 10.8. The van der Waals surface area contributed by atoms with Gasteiger partial charge in [-0.2, -0.15) is 0 Å². The molecule has 0 atom stereocenters. The zero-order valence-corrected chi connectivity index (χ0v) is 6.96. The Labute approximate surface area is 69.6 Å². The van der Waals surface area contributed by atoms with Crippen LogP contribution >= 0.6 is 0 Å². The van der Waals surface area contributed by atoms with E-state index in [0.717, 1.165) is 0 Å². The van der Waals surface area contributed by atoms with Crippen LogP contribution in [-0.4, -0.2) is 39.2 Å². The van der Waals surface area contributed by atoms with Crippen molar-refractivity contribution in [1.29, 1.82) is 0 Å². The molecule has 0 aliphatic heterocycles. The summed E-state index contributed by atoms with van der Waals surface area (Å²) in [5.41, 5.74) is 0. The van der Waals surface area contributed by atoms with E-state index >= 15 is 0 Å². The zero-order valence-electron chi connectivity index (χ0n) is 6.96. The van der Waals surface area contributed by atoms with Crippen LogP contribution in [0.15, 0.2) is 0 Å². The van der Waals surface area contributed by atoms with Crippen molar-refractivity contribution in [2.75, 3.05) is 27.3 Å². The highest BCUT2D eigenvalue weighted by Crippen LogP contribution is 1.67. The predicted octanol–water partition coefficient (Wildman–Crippen LogP) is -2.28. The molecule has 0 spiro atoms. The fourth-order valence-corrected chi connectivity index (χ4v) is 0.529. The van der Waals surface area contributed by atoms with E-state index in [1.807, 2.05) is 0 Å². The number of methoxy groups -OCH3 is 2. The Morgan fingerprint density at radius 2 is 1.50 bits per heavy atom. The van der Waals surface area contributed by atoms with E-state index in [0.29, 0.717) is 0 Å². The van der Waals surface area contributed by atoms with Crippen molar-refractivity contribution in [3.63, 3.8) is 0 Å². The summed E-state index contributed by atoms with van der Waals surface area (Å²) in [6.07, 6.45) is 0. The number of quaternary nitrogens is 1. The molecule has 0 aliphatic rings. The Bertz CT molecular complexity index is 151. The van der Waals surface area contributed by atoms with E-state index in [-0.39, 0.29) is 13.1 Å². The summed E-state index contributed by atoms with van der Waals surface area (Å²) in [5.74, 6) is -1.30. The van der Waals surface area contributed by atoms with Crippen LogP contribution in [0.1, 0.15) is 0 Å². The van der Waals surface area contributed by atoms with Crippen LogP contribution in [0.2, 0.25) is 0 Å². The molecule has 70 valence electrons. The first-order valence-electron chi connectivity index (χ1n) is 3.25. The lowest BCUT2D eigenvalue weighted by molar-refractivity contribution is -0.831. The quantitative estimate of drug-likeness (QED) is 0.386. The number of hydroxylamine groups is 2. The molecule has 0 aromatic carbocycles. The molecule has 0 heterocycles. The largest absolute Gasteiger partial charge is 0.633 e. The third kappa shape index (κ3) is 4.64. The van der Waals surface area contributed by atoms with Crippen LogP contribution in [0.3, 0.4) is 0 Å². The van der Waals surface area contributed by atoms with Crippen molar-refractivity contribution >= 4 is 11.9 Å². The first kappa shape index (κ1) is 10.9. The SMILES string of the molecule is COC(=O)C[NH+]([O-])CC(=O)OC. The molecule has 0 bridgehead atoms. The molecule has 6 heteroatoms. The van der Waals surface area contributed by atoms with Gasteiger partial charge in [0, 0.05) is 0 Å². The van der Waals surface area contributed by atoms with Crippen LogP contribution in [0.25, 0.3) is 0 Å². The maximum Gasteiger partial charge on any atom is 0.361 e. The third-order valence-corrected chi connectivity index (χ3v) is 1.14. The standard InChI is InChI=1S/C6H11NO5/c1-11-5(8)3-7(10)4-6(9)12-2/h7H,3-4H2,1-2H3. The van der Waals surface area contributed by atoms with Gasteiger partial charge < -0.3 is 19.7 Å². The molecule has 0 aromatic rings. The van der Waals surface area contributed by atoms with Crippen LogP contribution in [0, 0.1) is 5.21 Å². The molecule has 0 radical (unpaired) electrons. The monoisotopic (exact) mass is 177 g/mol.